The molecular weight excluding hydrogens is 798 g/mol. The summed E-state index contributed by atoms with van der Waals surface area (Å²) in [6.07, 6.45) is 0. The molecule has 0 saturated heterocycles. The minimum absolute atomic E-state index is 0.0116. The molecule has 2 aliphatic carbocycles. The van der Waals surface area contributed by atoms with Crippen molar-refractivity contribution in [2.75, 3.05) is 4.90 Å². The Hall–Kier alpha value is -8.60. The van der Waals surface area contributed by atoms with E-state index in [4.69, 9.17) is 0 Å². The first-order chi connectivity index (χ1) is 32.8. The van der Waals surface area contributed by atoms with Crippen molar-refractivity contribution < 1.29 is 0 Å². The number of aromatic nitrogens is 2. The molecule has 0 atom stereocenters. The highest BCUT2D eigenvalue weighted by molar-refractivity contribution is 7.00. The van der Waals surface area contributed by atoms with Crippen LogP contribution in [0, 0.1) is 0 Å². The van der Waals surface area contributed by atoms with Crippen molar-refractivity contribution >= 4 is 105 Å². The van der Waals surface area contributed by atoms with E-state index in [9.17, 15) is 0 Å². The lowest BCUT2D eigenvalue weighted by Crippen LogP contribution is -2.60. The van der Waals surface area contributed by atoms with Gasteiger partial charge in [-0.15, -0.1) is 0 Å². The van der Waals surface area contributed by atoms with Gasteiger partial charge in [-0.05, 0) is 131 Å². The smallest absolute Gasteiger partial charge is 0.252 e. The molecule has 2 aliphatic heterocycles. The third-order valence-corrected chi connectivity index (χ3v) is 15.7. The van der Waals surface area contributed by atoms with Gasteiger partial charge in [-0.1, -0.05) is 158 Å². The summed E-state index contributed by atoms with van der Waals surface area (Å²) in [6, 6.07) is 78.3. The molecule has 11 aromatic carbocycles. The van der Waals surface area contributed by atoms with Crippen LogP contribution in [-0.2, 0) is 0 Å². The van der Waals surface area contributed by atoms with Gasteiger partial charge in [0.25, 0.3) is 6.71 Å². The summed E-state index contributed by atoms with van der Waals surface area (Å²) in [6.45, 7) is 0.0116. The van der Waals surface area contributed by atoms with E-state index in [0.29, 0.717) is 0 Å². The minimum Gasteiger partial charge on any atom is -0.311 e. The first-order valence-electron chi connectivity index (χ1n) is 23.1. The maximum Gasteiger partial charge on any atom is 0.252 e. The van der Waals surface area contributed by atoms with Crippen molar-refractivity contribution in [2.45, 2.75) is 0 Å². The Balaban J connectivity index is 1.09. The third kappa shape index (κ3) is 3.89. The molecule has 4 aliphatic rings. The van der Waals surface area contributed by atoms with Gasteiger partial charge in [0.05, 0.1) is 27.8 Å². The number of hydrogen-bond donors (Lipinski definition) is 0. The summed E-state index contributed by atoms with van der Waals surface area (Å²) >= 11 is 0. The molecule has 0 unspecified atom stereocenters. The van der Waals surface area contributed by atoms with Crippen LogP contribution in [0.4, 0.5) is 17.1 Å². The second kappa shape index (κ2) is 11.7. The predicted molar refractivity (Wildman–Crippen MR) is 278 cm³/mol. The molecule has 0 radical (unpaired) electrons. The molecule has 2 aromatic heterocycles. The fourth-order valence-electron chi connectivity index (χ4n) is 13.3. The van der Waals surface area contributed by atoms with Gasteiger partial charge in [-0.25, -0.2) is 0 Å². The number of hydrogen-bond acceptors (Lipinski definition) is 1. The molecule has 66 heavy (non-hydrogen) atoms. The normalized spacial score (nSPS) is 13.4. The Morgan fingerprint density at radius 1 is 0.288 bits per heavy atom. The summed E-state index contributed by atoms with van der Waals surface area (Å²) in [4.78, 5) is 2.54. The zero-order valence-electron chi connectivity index (χ0n) is 35.5. The van der Waals surface area contributed by atoms with Crippen molar-refractivity contribution in [3.8, 4) is 55.9 Å². The van der Waals surface area contributed by atoms with E-state index in [1.54, 1.807) is 0 Å². The van der Waals surface area contributed by atoms with Crippen LogP contribution >= 0.6 is 0 Å². The lowest BCUT2D eigenvalue weighted by Gasteiger charge is -2.40. The fraction of sp³-hybridized carbons (Fsp3) is 0. The van der Waals surface area contributed by atoms with Crippen molar-refractivity contribution in [1.82, 2.24) is 9.13 Å². The highest BCUT2D eigenvalue weighted by Crippen LogP contribution is 2.53. The standard InChI is InChI=1S/C62H34BN3/c1-2-16-37(17-3-1)64-49-27-9-8-26-47(49)63-48-32-36-15-11-23-44-40-19-5-7-21-42(40)46-25-13-29-51-58(46)60(56(36)44)62(48)66(51)54-34-38(33-53(64)61(54)63)65-50-28-12-24-45-41-20-6-4-18-39(41)43-22-10-14-35-30-31-52(65)59(55(35)43)57(45)50/h1-34H. The van der Waals surface area contributed by atoms with Gasteiger partial charge in [0, 0.05) is 44.3 Å². The monoisotopic (exact) mass is 831 g/mol. The molecule has 0 N–H and O–H groups in total. The molecule has 17 rings (SSSR count). The summed E-state index contributed by atoms with van der Waals surface area (Å²) in [7, 11) is 0. The number of rotatable bonds is 2. The Morgan fingerprint density at radius 2 is 0.818 bits per heavy atom. The number of benzene rings is 11. The Morgan fingerprint density at radius 3 is 1.53 bits per heavy atom. The van der Waals surface area contributed by atoms with E-state index in [-0.39, 0.29) is 6.71 Å². The second-order valence-corrected chi connectivity index (χ2v) is 18.7. The molecule has 0 amide bonds. The van der Waals surface area contributed by atoms with E-state index >= 15 is 0 Å². The van der Waals surface area contributed by atoms with Gasteiger partial charge in [-0.2, -0.15) is 0 Å². The summed E-state index contributed by atoms with van der Waals surface area (Å²) in [5.74, 6) is 0. The Kier molecular flexibility index (Phi) is 6.03. The quantitative estimate of drug-likeness (QED) is 0.158. The first kappa shape index (κ1) is 33.9. The lowest BCUT2D eigenvalue weighted by atomic mass is 9.33. The van der Waals surface area contributed by atoms with Gasteiger partial charge >= 0.3 is 0 Å². The SMILES string of the molecule is c1ccc(N2c3ccccc3B3c4c2cc(-n2c5cccc6c5c5c7c(cccc7ccc52)-c2ccccc2-6)cc4-n2c4cccc5c4c4c6c(cccc6cc3c42)-c2ccccc2-5)cc1. The largest absolute Gasteiger partial charge is 0.311 e. The summed E-state index contributed by atoms with van der Waals surface area (Å²) in [5, 5.41) is 10.6. The van der Waals surface area contributed by atoms with Gasteiger partial charge in [0.2, 0.25) is 0 Å². The van der Waals surface area contributed by atoms with Crippen molar-refractivity contribution in [1.29, 1.82) is 0 Å². The van der Waals surface area contributed by atoms with Gasteiger partial charge in [0.15, 0.2) is 0 Å². The average Bonchev–Trinajstić information content (AvgIpc) is 3.83. The zero-order valence-corrected chi connectivity index (χ0v) is 35.5. The molecule has 0 spiro atoms. The molecule has 0 bridgehead atoms. The van der Waals surface area contributed by atoms with Crippen LogP contribution in [0.15, 0.2) is 206 Å². The third-order valence-electron chi connectivity index (χ3n) is 15.7. The topological polar surface area (TPSA) is 13.1 Å². The molecule has 0 saturated carbocycles. The van der Waals surface area contributed by atoms with E-state index in [1.165, 1.54) is 143 Å². The molecule has 3 nitrogen and oxygen atoms in total. The van der Waals surface area contributed by atoms with Gasteiger partial charge in [0.1, 0.15) is 0 Å². The highest BCUT2D eigenvalue weighted by atomic mass is 15.2. The minimum atomic E-state index is 0.0116. The van der Waals surface area contributed by atoms with E-state index in [1.807, 2.05) is 0 Å². The number of anilines is 3. The molecule has 4 heterocycles. The van der Waals surface area contributed by atoms with Crippen LogP contribution < -0.4 is 21.3 Å². The maximum atomic E-state index is 2.66. The Labute approximate surface area is 379 Å². The van der Waals surface area contributed by atoms with Crippen molar-refractivity contribution in [2.24, 2.45) is 0 Å². The molecule has 0 fully saturated rings. The predicted octanol–water partition coefficient (Wildman–Crippen LogP) is 14.1. The second-order valence-electron chi connectivity index (χ2n) is 18.7. The molecule has 300 valence electrons. The zero-order chi connectivity index (χ0) is 42.5. The van der Waals surface area contributed by atoms with E-state index in [2.05, 4.69) is 220 Å². The van der Waals surface area contributed by atoms with E-state index in [0.717, 1.165) is 11.4 Å². The lowest BCUT2D eigenvalue weighted by molar-refractivity contribution is 1.13. The van der Waals surface area contributed by atoms with Gasteiger partial charge in [-0.3, -0.25) is 0 Å². The van der Waals surface area contributed by atoms with Crippen molar-refractivity contribution in [3.63, 3.8) is 0 Å². The first-order valence-corrected chi connectivity index (χ1v) is 23.1. The molecule has 4 heteroatoms. The van der Waals surface area contributed by atoms with Gasteiger partial charge < -0.3 is 14.0 Å². The maximum absolute atomic E-state index is 2.66. The fourth-order valence-corrected chi connectivity index (χ4v) is 13.3. The Bertz CT molecular complexity index is 4420. The molecular formula is C62H34BN3. The highest BCUT2D eigenvalue weighted by Gasteiger charge is 2.43. The van der Waals surface area contributed by atoms with E-state index < -0.39 is 0 Å². The van der Waals surface area contributed by atoms with Crippen LogP contribution in [0.2, 0.25) is 0 Å². The average molecular weight is 832 g/mol. The van der Waals surface area contributed by atoms with Crippen LogP contribution in [0.3, 0.4) is 0 Å². The van der Waals surface area contributed by atoms with Crippen LogP contribution in [-0.4, -0.2) is 15.8 Å². The number of para-hydroxylation sites is 2. The summed E-state index contributed by atoms with van der Waals surface area (Å²) in [5.41, 5.74) is 25.4. The van der Waals surface area contributed by atoms with Crippen LogP contribution in [0.1, 0.15) is 0 Å². The number of fused-ring (bicyclic) bond motifs is 11. The molecule has 13 aromatic rings. The van der Waals surface area contributed by atoms with Crippen LogP contribution in [0.25, 0.3) is 121 Å². The van der Waals surface area contributed by atoms with Crippen LogP contribution in [0.5, 0.6) is 0 Å². The van der Waals surface area contributed by atoms with Crippen molar-refractivity contribution in [3.05, 3.63) is 206 Å². The number of nitrogens with zero attached hydrogens (tertiary/aromatic N) is 3. The summed E-state index contributed by atoms with van der Waals surface area (Å²) < 4.78 is 5.24.